The van der Waals surface area contributed by atoms with Crippen molar-refractivity contribution in [1.29, 1.82) is 0 Å². The van der Waals surface area contributed by atoms with Gasteiger partial charge >= 0.3 is 5.97 Å². The number of ether oxygens (including phenoxy) is 2. The van der Waals surface area contributed by atoms with E-state index < -0.39 is 17.6 Å². The van der Waals surface area contributed by atoms with Gasteiger partial charge in [0.1, 0.15) is 11.5 Å². The number of hydrogen-bond donors (Lipinski definition) is 0. The van der Waals surface area contributed by atoms with Crippen LogP contribution in [0.2, 0.25) is 0 Å². The van der Waals surface area contributed by atoms with Crippen LogP contribution in [0.4, 0.5) is 8.78 Å². The molecule has 2 aromatic carbocycles. The summed E-state index contributed by atoms with van der Waals surface area (Å²) >= 11 is 0. The molecular weight excluding hydrogens is 434 g/mol. The molecule has 2 aliphatic carbocycles. The first kappa shape index (κ1) is 24.4. The molecule has 0 saturated heterocycles. The SMILES string of the molecule is C/C=C/CCC1CCC2CC(c3ccc(C(=O)Oc4ccc(OC)cc4)c(F)c3F)CCC2C1. The Bertz CT molecular complexity index is 1010. The molecular formula is C29H34F2O3. The number of esters is 1. The maximum Gasteiger partial charge on any atom is 0.346 e. The highest BCUT2D eigenvalue weighted by atomic mass is 19.2. The van der Waals surface area contributed by atoms with E-state index in [9.17, 15) is 9.18 Å². The Labute approximate surface area is 201 Å². The summed E-state index contributed by atoms with van der Waals surface area (Å²) in [5, 5.41) is 0. The van der Waals surface area contributed by atoms with Gasteiger partial charge in [-0.25, -0.2) is 13.6 Å². The molecule has 4 unspecified atom stereocenters. The number of carbonyl (C=O) groups excluding carboxylic acids is 1. The van der Waals surface area contributed by atoms with Gasteiger partial charge in [0, 0.05) is 0 Å². The number of halogens is 2. The minimum Gasteiger partial charge on any atom is -0.497 e. The molecule has 0 spiro atoms. The van der Waals surface area contributed by atoms with E-state index in [1.807, 2.05) is 0 Å². The standard InChI is InChI=1S/C29H34F2O3/c1-3-4-5-6-19-7-8-21-18-22(10-9-20(21)17-19)25-15-16-26(28(31)27(25)30)29(32)34-24-13-11-23(33-2)12-14-24/h3-4,11-16,19-22H,5-10,17-18H2,1-2H3/b4-3+. The van der Waals surface area contributed by atoms with Crippen LogP contribution in [-0.4, -0.2) is 13.1 Å². The van der Waals surface area contributed by atoms with Gasteiger partial charge in [0.25, 0.3) is 0 Å². The lowest BCUT2D eigenvalue weighted by atomic mass is 9.63. The average molecular weight is 469 g/mol. The van der Waals surface area contributed by atoms with Gasteiger partial charge < -0.3 is 9.47 Å². The molecule has 2 fully saturated rings. The highest BCUT2D eigenvalue weighted by Gasteiger charge is 2.37. The Morgan fingerprint density at radius 2 is 1.65 bits per heavy atom. The minimum absolute atomic E-state index is 0.00184. The Hall–Kier alpha value is -2.69. The molecule has 0 N–H and O–H groups in total. The summed E-state index contributed by atoms with van der Waals surface area (Å²) in [5.74, 6) is -0.00793. The highest BCUT2D eigenvalue weighted by Crippen LogP contribution is 2.49. The fraction of sp³-hybridized carbons (Fsp3) is 0.483. The largest absolute Gasteiger partial charge is 0.497 e. The third kappa shape index (κ3) is 5.51. The second-order valence-corrected chi connectivity index (χ2v) is 9.75. The van der Waals surface area contributed by atoms with E-state index in [2.05, 4.69) is 19.1 Å². The Balaban J connectivity index is 1.40. The van der Waals surface area contributed by atoms with Crippen molar-refractivity contribution < 1.29 is 23.0 Å². The summed E-state index contributed by atoms with van der Waals surface area (Å²) < 4.78 is 40.3. The predicted molar refractivity (Wildman–Crippen MR) is 129 cm³/mol. The molecule has 0 radical (unpaired) electrons. The zero-order valence-corrected chi connectivity index (χ0v) is 20.1. The van der Waals surface area contributed by atoms with Crippen LogP contribution < -0.4 is 9.47 Å². The van der Waals surface area contributed by atoms with Crippen molar-refractivity contribution in [2.24, 2.45) is 17.8 Å². The van der Waals surface area contributed by atoms with Crippen molar-refractivity contribution in [3.05, 3.63) is 71.3 Å². The number of carbonyl (C=O) groups is 1. The van der Waals surface area contributed by atoms with E-state index in [1.165, 1.54) is 38.9 Å². The number of allylic oxidation sites excluding steroid dienone is 2. The summed E-state index contributed by atoms with van der Waals surface area (Å²) in [6, 6.07) is 9.31. The second-order valence-electron chi connectivity index (χ2n) is 9.75. The molecule has 4 rings (SSSR count). The smallest absolute Gasteiger partial charge is 0.346 e. The molecule has 3 nitrogen and oxygen atoms in total. The zero-order valence-electron chi connectivity index (χ0n) is 20.1. The van der Waals surface area contributed by atoms with Crippen LogP contribution in [0.15, 0.2) is 48.6 Å². The molecule has 0 aliphatic heterocycles. The van der Waals surface area contributed by atoms with Crippen LogP contribution in [0.1, 0.15) is 80.1 Å². The molecule has 182 valence electrons. The number of methoxy groups -OCH3 is 1. The van der Waals surface area contributed by atoms with E-state index >= 15 is 4.39 Å². The molecule has 0 aromatic heterocycles. The predicted octanol–water partition coefficient (Wildman–Crippen LogP) is 7.85. The molecule has 0 bridgehead atoms. The lowest BCUT2D eigenvalue weighted by molar-refractivity contribution is 0.0728. The van der Waals surface area contributed by atoms with Gasteiger partial charge in [0.05, 0.1) is 12.7 Å². The van der Waals surface area contributed by atoms with Gasteiger partial charge in [-0.15, -0.1) is 0 Å². The fourth-order valence-electron chi connectivity index (χ4n) is 5.87. The average Bonchev–Trinajstić information content (AvgIpc) is 2.86. The van der Waals surface area contributed by atoms with Crippen molar-refractivity contribution in [2.45, 2.75) is 64.2 Å². The summed E-state index contributed by atoms with van der Waals surface area (Å²) in [6.45, 7) is 2.07. The maximum absolute atomic E-state index is 15.1. The maximum atomic E-state index is 15.1. The van der Waals surface area contributed by atoms with Crippen LogP contribution >= 0.6 is 0 Å². The lowest BCUT2D eigenvalue weighted by Gasteiger charge is -2.42. The molecule has 34 heavy (non-hydrogen) atoms. The van der Waals surface area contributed by atoms with Gasteiger partial charge in [-0.2, -0.15) is 0 Å². The van der Waals surface area contributed by atoms with Crippen LogP contribution in [0.3, 0.4) is 0 Å². The monoisotopic (exact) mass is 468 g/mol. The van der Waals surface area contributed by atoms with Crippen molar-refractivity contribution in [3.8, 4) is 11.5 Å². The van der Waals surface area contributed by atoms with Crippen LogP contribution in [-0.2, 0) is 0 Å². The second kappa shape index (κ2) is 11.2. The Morgan fingerprint density at radius 3 is 2.38 bits per heavy atom. The van der Waals surface area contributed by atoms with Crippen molar-refractivity contribution in [1.82, 2.24) is 0 Å². The number of rotatable bonds is 7. The lowest BCUT2D eigenvalue weighted by Crippen LogP contribution is -2.30. The van der Waals surface area contributed by atoms with Gasteiger partial charge in [-0.05, 0) is 111 Å². The molecule has 4 atom stereocenters. The quantitative estimate of drug-likeness (QED) is 0.236. The van der Waals surface area contributed by atoms with Crippen molar-refractivity contribution >= 4 is 5.97 Å². The fourth-order valence-corrected chi connectivity index (χ4v) is 5.87. The third-order valence-corrected chi connectivity index (χ3v) is 7.74. The van der Waals surface area contributed by atoms with E-state index in [0.717, 1.165) is 31.6 Å². The van der Waals surface area contributed by atoms with Gasteiger partial charge in [0.2, 0.25) is 0 Å². The van der Waals surface area contributed by atoms with E-state index in [1.54, 1.807) is 30.3 Å². The summed E-state index contributed by atoms with van der Waals surface area (Å²) in [4.78, 5) is 12.5. The van der Waals surface area contributed by atoms with E-state index in [-0.39, 0.29) is 17.2 Å². The van der Waals surface area contributed by atoms with Crippen LogP contribution in [0, 0.1) is 29.4 Å². The summed E-state index contributed by atoms with van der Waals surface area (Å²) in [6.07, 6.45) is 13.3. The normalized spacial score (nSPS) is 24.6. The number of benzene rings is 2. The zero-order chi connectivity index (χ0) is 24.1. The Morgan fingerprint density at radius 1 is 0.941 bits per heavy atom. The van der Waals surface area contributed by atoms with Crippen molar-refractivity contribution in [3.63, 3.8) is 0 Å². The molecule has 2 aromatic rings. The van der Waals surface area contributed by atoms with Gasteiger partial charge in [0.15, 0.2) is 11.6 Å². The summed E-state index contributed by atoms with van der Waals surface area (Å²) in [5.41, 5.74) is 0.0135. The minimum atomic E-state index is -1.12. The molecule has 2 aliphatic rings. The first-order valence-corrected chi connectivity index (χ1v) is 12.4. The third-order valence-electron chi connectivity index (χ3n) is 7.74. The van der Waals surface area contributed by atoms with Crippen LogP contribution in [0.25, 0.3) is 0 Å². The molecule has 2 saturated carbocycles. The van der Waals surface area contributed by atoms with E-state index in [0.29, 0.717) is 23.1 Å². The molecule has 0 heterocycles. The van der Waals surface area contributed by atoms with E-state index in [4.69, 9.17) is 9.47 Å². The Kier molecular flexibility index (Phi) is 8.02. The first-order valence-electron chi connectivity index (χ1n) is 12.4. The molecule has 0 amide bonds. The number of fused-ring (bicyclic) bond motifs is 1. The molecule has 5 heteroatoms. The first-order chi connectivity index (χ1) is 16.5. The van der Waals surface area contributed by atoms with Crippen molar-refractivity contribution in [2.75, 3.05) is 7.11 Å². The topological polar surface area (TPSA) is 35.5 Å². The highest BCUT2D eigenvalue weighted by molar-refractivity contribution is 5.91. The summed E-state index contributed by atoms with van der Waals surface area (Å²) in [7, 11) is 1.53. The number of hydrogen-bond acceptors (Lipinski definition) is 3. The van der Waals surface area contributed by atoms with Gasteiger partial charge in [-0.3, -0.25) is 0 Å². The van der Waals surface area contributed by atoms with Crippen LogP contribution in [0.5, 0.6) is 11.5 Å². The van der Waals surface area contributed by atoms with Gasteiger partial charge in [-0.1, -0.05) is 24.6 Å².